The van der Waals surface area contributed by atoms with E-state index in [1.54, 1.807) is 18.2 Å². The van der Waals surface area contributed by atoms with Crippen molar-refractivity contribution in [2.75, 3.05) is 0 Å². The summed E-state index contributed by atoms with van der Waals surface area (Å²) in [4.78, 5) is 51.7. The van der Waals surface area contributed by atoms with Gasteiger partial charge in [0.05, 0.1) is 17.4 Å². The maximum atomic E-state index is 13.1. The smallest absolute Gasteiger partial charge is 0.334 e. The fourth-order valence-corrected chi connectivity index (χ4v) is 5.51. The lowest BCUT2D eigenvalue weighted by atomic mass is 9.63. The summed E-state index contributed by atoms with van der Waals surface area (Å²) in [5, 5.41) is 0. The second-order valence-corrected chi connectivity index (χ2v) is 8.35. The van der Waals surface area contributed by atoms with E-state index in [0.717, 1.165) is 11.3 Å². The predicted octanol–water partition coefficient (Wildman–Crippen LogP) is 2.24. The van der Waals surface area contributed by atoms with Gasteiger partial charge in [0, 0.05) is 0 Å². The first-order chi connectivity index (χ1) is 13.4. The van der Waals surface area contributed by atoms with Gasteiger partial charge in [-0.15, -0.1) is 0 Å². The van der Waals surface area contributed by atoms with Crippen molar-refractivity contribution in [1.29, 1.82) is 0 Å². The molecule has 2 saturated carbocycles. The van der Waals surface area contributed by atoms with E-state index in [0.29, 0.717) is 11.8 Å². The highest BCUT2D eigenvalue weighted by molar-refractivity contribution is 6.09. The van der Waals surface area contributed by atoms with Crippen molar-refractivity contribution in [3.8, 4) is 5.75 Å². The zero-order valence-electron chi connectivity index (χ0n) is 15.7. The number of benzene rings is 1. The third kappa shape index (κ3) is 2.26. The number of imide groups is 1. The molecule has 1 aromatic rings. The van der Waals surface area contributed by atoms with Crippen LogP contribution in [0.4, 0.5) is 0 Å². The molecule has 0 aromatic heterocycles. The molecule has 6 rings (SSSR count). The number of carbonyl (C=O) groups is 4. The summed E-state index contributed by atoms with van der Waals surface area (Å²) in [6.07, 6.45) is 5.29. The van der Waals surface area contributed by atoms with Crippen molar-refractivity contribution in [1.82, 2.24) is 4.90 Å². The number of nitrogens with zero attached hydrogens (tertiary/aromatic N) is 1. The molecule has 1 saturated heterocycles. The zero-order chi connectivity index (χ0) is 19.7. The van der Waals surface area contributed by atoms with Crippen LogP contribution in [0.5, 0.6) is 5.75 Å². The van der Waals surface area contributed by atoms with E-state index in [1.807, 2.05) is 0 Å². The van der Waals surface area contributed by atoms with E-state index in [-0.39, 0.29) is 52.6 Å². The van der Waals surface area contributed by atoms with E-state index >= 15 is 0 Å². The number of carbonyl (C=O) groups excluding carboxylic acids is 4. The van der Waals surface area contributed by atoms with E-state index in [2.05, 4.69) is 12.2 Å². The number of allylic oxidation sites excluding steroid dienone is 2. The Morgan fingerprint density at radius 1 is 1.04 bits per heavy atom. The molecule has 7 atom stereocenters. The number of hydrogen-bond donors (Lipinski definition) is 0. The van der Waals surface area contributed by atoms with Crippen molar-refractivity contribution in [2.45, 2.75) is 26.3 Å². The molecular formula is C22H21NO5. The average Bonchev–Trinajstić information content (AvgIpc) is 3.45. The number of likely N-dealkylation sites (tertiary alicyclic amines) is 1. The van der Waals surface area contributed by atoms with Gasteiger partial charge in [-0.05, 0) is 56.1 Å². The molecule has 2 amide bonds. The van der Waals surface area contributed by atoms with Gasteiger partial charge in [0.1, 0.15) is 11.8 Å². The first-order valence-corrected chi connectivity index (χ1v) is 9.77. The van der Waals surface area contributed by atoms with Crippen molar-refractivity contribution in [3.05, 3.63) is 42.0 Å². The molecule has 1 aliphatic heterocycles. The summed E-state index contributed by atoms with van der Waals surface area (Å²) < 4.78 is 5.41. The van der Waals surface area contributed by atoms with Crippen LogP contribution in [0.25, 0.3) is 0 Å². The van der Waals surface area contributed by atoms with Crippen molar-refractivity contribution in [2.24, 2.45) is 35.5 Å². The van der Waals surface area contributed by atoms with Gasteiger partial charge < -0.3 is 4.74 Å². The Morgan fingerprint density at radius 2 is 1.61 bits per heavy atom. The molecule has 3 fully saturated rings. The topological polar surface area (TPSA) is 80.8 Å². The summed E-state index contributed by atoms with van der Waals surface area (Å²) in [5.41, 5.74) is 0.290. The second-order valence-electron chi connectivity index (χ2n) is 8.35. The molecule has 144 valence electrons. The highest BCUT2D eigenvalue weighted by atomic mass is 16.5. The average molecular weight is 379 g/mol. The molecule has 4 aliphatic carbocycles. The largest absolute Gasteiger partial charge is 0.424 e. The molecule has 6 heteroatoms. The van der Waals surface area contributed by atoms with Crippen molar-refractivity contribution >= 4 is 23.6 Å². The standard InChI is InChI=1S/C22H21NO5/c1-10(22(27)28-17-6-4-3-5-12(17)11(2)24)23-20(25)18-13-7-8-14(16-9-15(13)16)19(18)21(23)26/h3-8,10,13-16,18-19H,9H2,1-2H3/t10-,13-,14-,15-,16-,18-,19+/m0/s1. The van der Waals surface area contributed by atoms with Crippen LogP contribution >= 0.6 is 0 Å². The van der Waals surface area contributed by atoms with Gasteiger partial charge in [0.2, 0.25) is 11.8 Å². The number of ether oxygens (including phenoxy) is 1. The van der Waals surface area contributed by atoms with Crippen molar-refractivity contribution in [3.63, 3.8) is 0 Å². The number of para-hydroxylation sites is 1. The molecule has 6 nitrogen and oxygen atoms in total. The Morgan fingerprint density at radius 3 is 2.18 bits per heavy atom. The summed E-state index contributed by atoms with van der Waals surface area (Å²) in [5.74, 6) is -0.741. The van der Waals surface area contributed by atoms with Crippen LogP contribution in [-0.2, 0) is 14.4 Å². The lowest BCUT2D eigenvalue weighted by molar-refractivity contribution is -0.152. The van der Waals surface area contributed by atoms with Crippen molar-refractivity contribution < 1.29 is 23.9 Å². The van der Waals surface area contributed by atoms with Gasteiger partial charge in [-0.2, -0.15) is 0 Å². The quantitative estimate of drug-likeness (QED) is 0.263. The zero-order valence-corrected chi connectivity index (χ0v) is 15.7. The Kier molecular flexibility index (Phi) is 3.63. The summed E-state index contributed by atoms with van der Waals surface area (Å²) in [6, 6.07) is 5.43. The van der Waals surface area contributed by atoms with E-state index in [9.17, 15) is 19.2 Å². The molecule has 1 aromatic carbocycles. The first kappa shape index (κ1) is 17.3. The maximum Gasteiger partial charge on any atom is 0.334 e. The lowest BCUT2D eigenvalue weighted by Gasteiger charge is -2.37. The monoisotopic (exact) mass is 379 g/mol. The van der Waals surface area contributed by atoms with E-state index in [1.165, 1.54) is 19.9 Å². The Balaban J connectivity index is 1.38. The van der Waals surface area contributed by atoms with Gasteiger partial charge in [0.15, 0.2) is 5.78 Å². The Labute approximate surface area is 162 Å². The van der Waals surface area contributed by atoms with Gasteiger partial charge in [-0.25, -0.2) is 4.79 Å². The summed E-state index contributed by atoms with van der Waals surface area (Å²) >= 11 is 0. The molecule has 0 unspecified atom stereocenters. The van der Waals surface area contributed by atoms with Crippen LogP contribution in [0, 0.1) is 35.5 Å². The van der Waals surface area contributed by atoms with Crippen LogP contribution in [0.3, 0.4) is 0 Å². The van der Waals surface area contributed by atoms with E-state index in [4.69, 9.17) is 4.74 Å². The molecule has 0 N–H and O–H groups in total. The molecule has 28 heavy (non-hydrogen) atoms. The number of rotatable bonds is 4. The van der Waals surface area contributed by atoms with Crippen LogP contribution in [0.2, 0.25) is 0 Å². The fourth-order valence-electron chi connectivity index (χ4n) is 5.51. The summed E-state index contributed by atoms with van der Waals surface area (Å²) in [6.45, 7) is 2.91. The fraction of sp³-hybridized carbons (Fsp3) is 0.455. The summed E-state index contributed by atoms with van der Waals surface area (Å²) in [7, 11) is 0. The molecule has 5 aliphatic rings. The number of ketones is 1. The third-order valence-electron chi connectivity index (χ3n) is 6.90. The number of Topliss-reactive ketones (excluding diaryl/α,β-unsaturated/α-hetero) is 1. The van der Waals surface area contributed by atoms with Gasteiger partial charge in [-0.1, -0.05) is 24.3 Å². The number of amides is 2. The molecule has 2 bridgehead atoms. The first-order valence-electron chi connectivity index (χ1n) is 9.77. The second kappa shape index (κ2) is 5.87. The van der Waals surface area contributed by atoms with Crippen LogP contribution in [0.1, 0.15) is 30.6 Å². The number of esters is 1. The lowest BCUT2D eigenvalue weighted by Crippen LogP contribution is -2.45. The predicted molar refractivity (Wildman–Crippen MR) is 98.1 cm³/mol. The van der Waals surface area contributed by atoms with Crippen LogP contribution in [-0.4, -0.2) is 34.5 Å². The minimum atomic E-state index is -1.03. The maximum absolute atomic E-state index is 13.1. The van der Waals surface area contributed by atoms with Gasteiger partial charge in [-0.3, -0.25) is 19.3 Å². The van der Waals surface area contributed by atoms with Crippen LogP contribution < -0.4 is 4.74 Å². The highest BCUT2D eigenvalue weighted by Crippen LogP contribution is 2.65. The van der Waals surface area contributed by atoms with Gasteiger partial charge in [0.25, 0.3) is 0 Å². The van der Waals surface area contributed by atoms with Gasteiger partial charge >= 0.3 is 5.97 Å². The third-order valence-corrected chi connectivity index (χ3v) is 6.90. The van der Waals surface area contributed by atoms with Crippen LogP contribution in [0.15, 0.2) is 36.4 Å². The molecule has 0 spiro atoms. The normalized spacial score (nSPS) is 35.4. The Bertz CT molecular complexity index is 914. The Hall–Kier alpha value is -2.76. The number of hydrogen-bond acceptors (Lipinski definition) is 5. The molecule has 1 heterocycles. The molecule has 0 radical (unpaired) electrons. The minimum Gasteiger partial charge on any atom is -0.424 e. The molecular weight excluding hydrogens is 358 g/mol. The highest BCUT2D eigenvalue weighted by Gasteiger charge is 2.67. The van der Waals surface area contributed by atoms with E-state index < -0.39 is 12.0 Å². The minimum absolute atomic E-state index is 0.114. The SMILES string of the molecule is CC(=O)c1ccccc1OC(=O)[C@H](C)N1C(=O)[C@@H]2[C@H]3C=C[C@@H]([C@@H]4C[C@@H]34)[C@@H]2C1=O.